The normalized spacial score (nSPS) is 14.7. The summed E-state index contributed by atoms with van der Waals surface area (Å²) < 4.78 is 10.4. The van der Waals surface area contributed by atoms with E-state index in [4.69, 9.17) is 32.7 Å². The van der Waals surface area contributed by atoms with E-state index >= 15 is 0 Å². The van der Waals surface area contributed by atoms with Crippen molar-refractivity contribution in [2.75, 3.05) is 38.1 Å². The Labute approximate surface area is 287 Å². The number of benzene rings is 2. The number of nitrogens with zero attached hydrogens (tertiary/aromatic N) is 4. The lowest BCUT2D eigenvalue weighted by Crippen LogP contribution is -2.50. The monoisotopic (exact) mass is 693 g/mol. The molecule has 0 aromatic heterocycles. The molecule has 2 aromatic rings. The molecular weight excluding hydrogens is 661 g/mol. The van der Waals surface area contributed by atoms with Crippen molar-refractivity contribution in [3.63, 3.8) is 0 Å². The zero-order valence-corrected chi connectivity index (χ0v) is 27.6. The molecule has 0 radical (unpaired) electrons. The summed E-state index contributed by atoms with van der Waals surface area (Å²) in [5, 5.41) is 12.8. The highest BCUT2D eigenvalue weighted by atomic mass is 35.5. The van der Waals surface area contributed by atoms with Crippen molar-refractivity contribution in [2.45, 2.75) is 44.8 Å². The predicted molar refractivity (Wildman–Crippen MR) is 180 cm³/mol. The molecule has 14 heteroatoms. The highest BCUT2D eigenvalue weighted by molar-refractivity contribution is 6.37. The number of hydrogen-bond acceptors (Lipinski definition) is 8. The molecule has 0 bridgehead atoms. The largest absolute Gasteiger partial charge is 0.505 e. The Kier molecular flexibility index (Phi) is 13.2. The first kappa shape index (κ1) is 35.8. The number of piperidine rings is 1. The third kappa shape index (κ3) is 10.2. The van der Waals surface area contributed by atoms with E-state index in [1.165, 1.54) is 29.2 Å². The molecule has 4 rings (SSSR count). The van der Waals surface area contributed by atoms with Crippen LogP contribution in [0.25, 0.3) is 0 Å². The van der Waals surface area contributed by atoms with E-state index in [1.807, 2.05) is 29.2 Å². The molecule has 48 heavy (non-hydrogen) atoms. The van der Waals surface area contributed by atoms with Gasteiger partial charge in [0.2, 0.25) is 0 Å². The molecule has 0 saturated carbocycles. The molecular formula is C34H33Cl2N5O7. The number of anilines is 1. The molecule has 12 nitrogen and oxygen atoms in total. The van der Waals surface area contributed by atoms with Crippen LogP contribution in [-0.4, -0.2) is 95.6 Å². The van der Waals surface area contributed by atoms with Crippen molar-refractivity contribution in [2.24, 2.45) is 9.98 Å². The van der Waals surface area contributed by atoms with Crippen molar-refractivity contribution in [3.05, 3.63) is 81.2 Å². The molecule has 2 heterocycles. The van der Waals surface area contributed by atoms with Gasteiger partial charge < -0.3 is 29.7 Å². The number of aromatic hydroxyl groups is 1. The third-order valence-electron chi connectivity index (χ3n) is 7.46. The highest BCUT2D eigenvalue weighted by Gasteiger charge is 2.33. The van der Waals surface area contributed by atoms with Crippen LogP contribution < -0.4 is 5.32 Å². The first-order chi connectivity index (χ1) is 23.2. The van der Waals surface area contributed by atoms with E-state index in [9.17, 15) is 24.3 Å². The lowest BCUT2D eigenvalue weighted by Gasteiger charge is -2.37. The number of amides is 4. The zero-order chi connectivity index (χ0) is 34.5. The van der Waals surface area contributed by atoms with E-state index in [0.29, 0.717) is 38.0 Å². The second-order valence-electron chi connectivity index (χ2n) is 10.7. The van der Waals surface area contributed by atoms with Crippen LogP contribution in [0.2, 0.25) is 10.0 Å². The van der Waals surface area contributed by atoms with Gasteiger partial charge in [0.05, 0.1) is 16.7 Å². The summed E-state index contributed by atoms with van der Waals surface area (Å²) >= 11 is 12.1. The predicted octanol–water partition coefficient (Wildman–Crippen LogP) is 5.15. The Bertz CT molecular complexity index is 1720. The van der Waals surface area contributed by atoms with E-state index in [2.05, 4.69) is 38.5 Å². The average molecular weight is 695 g/mol. The van der Waals surface area contributed by atoms with Crippen LogP contribution in [0, 0.1) is 0 Å². The number of fused-ring (bicyclic) bond motifs is 1. The minimum absolute atomic E-state index is 0.0327. The lowest BCUT2D eigenvalue weighted by atomic mass is 10.0. The molecule has 2 aliphatic heterocycles. The maximum Gasteiger partial charge on any atom is 0.410 e. The van der Waals surface area contributed by atoms with Gasteiger partial charge in [-0.05, 0) is 79.1 Å². The number of aliphatic imine (C=N–C) groups is 2. The summed E-state index contributed by atoms with van der Waals surface area (Å²) in [5.74, 6) is 3.13. The van der Waals surface area contributed by atoms with Gasteiger partial charge in [-0.1, -0.05) is 41.4 Å². The fraction of sp³-hybridized carbons (Fsp3) is 0.353. The average Bonchev–Trinajstić information content (AvgIpc) is 3.24. The molecule has 4 amide bonds. The van der Waals surface area contributed by atoms with E-state index in [0.717, 1.165) is 17.7 Å². The second kappa shape index (κ2) is 17.8. The SMILES string of the molecule is CCOC(=O)CN=C=C=CC=C=C=NC(=O)[C@@H](Cc1cc(Cl)c(O)c(Cl)c1)OC(=O)N1CCC(N2CCc3ccccc3NC2=O)CC1. The van der Waals surface area contributed by atoms with Crippen LogP contribution in [-0.2, 0) is 31.9 Å². The van der Waals surface area contributed by atoms with E-state index in [1.54, 1.807) is 6.92 Å². The molecule has 0 spiro atoms. The standard InChI is InChI=1S/C34H33Cl2N5O7/c1-2-47-30(42)22-37-14-7-3-4-8-15-38-32(44)29(21-23-19-26(35)31(43)27(36)20-23)48-34(46)40-16-12-25(13-17-40)41-18-11-24-9-5-6-10-28(24)39-33(41)45/h3-6,9-10,19-20,25,29,43H,2,11-13,16-18,21-22H2,1H3,(H,39,45)/t29-/m1/s1. The Morgan fingerprint density at radius 3 is 2.48 bits per heavy atom. The van der Waals surface area contributed by atoms with Crippen molar-refractivity contribution in [1.29, 1.82) is 0 Å². The molecule has 2 aromatic carbocycles. The number of halogens is 2. The van der Waals surface area contributed by atoms with E-state index < -0.39 is 24.1 Å². The zero-order valence-electron chi connectivity index (χ0n) is 26.1. The number of esters is 1. The number of urea groups is 1. The van der Waals surface area contributed by atoms with Gasteiger partial charge in [-0.15, -0.1) is 0 Å². The Morgan fingerprint density at radius 2 is 1.77 bits per heavy atom. The number of allylic oxidation sites excluding steroid dienone is 2. The number of ether oxygens (including phenoxy) is 2. The first-order valence-electron chi connectivity index (χ1n) is 15.2. The van der Waals surface area contributed by atoms with Gasteiger partial charge in [0.1, 0.15) is 6.54 Å². The number of carbonyl (C=O) groups excluding carboxylic acids is 4. The molecule has 1 atom stereocenters. The Hall–Kier alpha value is -5.04. The number of phenolic OH excluding ortho intramolecular Hbond substituents is 1. The maximum atomic E-state index is 13.2. The molecule has 0 unspecified atom stereocenters. The van der Waals surface area contributed by atoms with Crippen molar-refractivity contribution in [3.8, 4) is 5.75 Å². The molecule has 1 saturated heterocycles. The van der Waals surface area contributed by atoms with Gasteiger partial charge in [-0.2, -0.15) is 4.99 Å². The number of carbonyl (C=O) groups is 4. The minimum atomic E-state index is -1.37. The fourth-order valence-electron chi connectivity index (χ4n) is 5.10. The number of rotatable bonds is 9. The van der Waals surface area contributed by atoms with Crippen LogP contribution in [0.4, 0.5) is 15.3 Å². The van der Waals surface area contributed by atoms with Crippen LogP contribution in [0.15, 0.2) is 70.0 Å². The quantitative estimate of drug-likeness (QED) is 0.160. The topological polar surface area (TPSA) is 150 Å². The number of nitrogens with one attached hydrogen (secondary N) is 1. The molecule has 2 aliphatic rings. The van der Waals surface area contributed by atoms with Crippen LogP contribution in [0.1, 0.15) is 30.9 Å². The van der Waals surface area contributed by atoms with Gasteiger partial charge in [0, 0.05) is 49.5 Å². The van der Waals surface area contributed by atoms with E-state index in [-0.39, 0.29) is 47.4 Å². The Balaban J connectivity index is 1.41. The van der Waals surface area contributed by atoms with Crippen LogP contribution in [0.3, 0.4) is 0 Å². The summed E-state index contributed by atoms with van der Waals surface area (Å²) in [6.45, 7) is 2.94. The van der Waals surface area contributed by atoms with Gasteiger partial charge in [0.15, 0.2) is 11.9 Å². The lowest BCUT2D eigenvalue weighted by molar-refractivity contribution is -0.141. The summed E-state index contributed by atoms with van der Waals surface area (Å²) in [6.07, 6.45) is 2.24. The first-order valence-corrected chi connectivity index (χ1v) is 15.9. The molecule has 250 valence electrons. The summed E-state index contributed by atoms with van der Waals surface area (Å²) in [7, 11) is 0. The number of hydrogen-bond donors (Lipinski definition) is 2. The maximum absolute atomic E-state index is 13.2. The van der Waals surface area contributed by atoms with Crippen LogP contribution in [0.5, 0.6) is 5.75 Å². The summed E-state index contributed by atoms with van der Waals surface area (Å²) in [6, 6.07) is 10.3. The third-order valence-corrected chi connectivity index (χ3v) is 8.04. The summed E-state index contributed by atoms with van der Waals surface area (Å²) in [4.78, 5) is 61.2. The molecule has 1 fully saturated rings. The number of para-hydroxylation sites is 1. The van der Waals surface area contributed by atoms with Crippen molar-refractivity contribution in [1.82, 2.24) is 9.80 Å². The summed E-state index contributed by atoms with van der Waals surface area (Å²) in [5.41, 5.74) is 7.38. The van der Waals surface area contributed by atoms with Crippen LogP contribution >= 0.6 is 23.2 Å². The Morgan fingerprint density at radius 1 is 1.08 bits per heavy atom. The van der Waals surface area contributed by atoms with Gasteiger partial charge in [-0.25, -0.2) is 14.6 Å². The second-order valence-corrected chi connectivity index (χ2v) is 11.5. The fourth-order valence-corrected chi connectivity index (χ4v) is 5.63. The molecule has 2 N–H and O–H groups in total. The van der Waals surface area contributed by atoms with Gasteiger partial charge in [0.25, 0.3) is 5.91 Å². The van der Waals surface area contributed by atoms with Gasteiger partial charge >= 0.3 is 18.1 Å². The highest BCUT2D eigenvalue weighted by Crippen LogP contribution is 2.33. The minimum Gasteiger partial charge on any atom is -0.505 e. The molecule has 0 aliphatic carbocycles. The van der Waals surface area contributed by atoms with Crippen molar-refractivity contribution < 1.29 is 33.8 Å². The number of phenols is 1. The smallest absolute Gasteiger partial charge is 0.410 e. The number of likely N-dealkylation sites (tertiary alicyclic amines) is 1. The van der Waals surface area contributed by atoms with Gasteiger partial charge in [-0.3, -0.25) is 9.59 Å². The van der Waals surface area contributed by atoms with Crippen molar-refractivity contribution >= 4 is 64.6 Å².